The van der Waals surface area contributed by atoms with Crippen LogP contribution in [0.5, 0.6) is 0 Å². The molecule has 0 aliphatic carbocycles. The molecule has 0 aromatic carbocycles. The summed E-state index contributed by atoms with van der Waals surface area (Å²) in [5.41, 5.74) is 2.85. The van der Waals surface area contributed by atoms with Gasteiger partial charge in [-0.1, -0.05) is 0 Å². The minimum atomic E-state index is -5.08. The molecule has 0 saturated carbocycles. The Morgan fingerprint density at radius 3 is 2.27 bits per heavy atom. The molecule has 3 N–H and O–H groups in total. The molecule has 1 aliphatic heterocycles. The molecule has 1 saturated heterocycles. The van der Waals surface area contributed by atoms with Gasteiger partial charge in [0.1, 0.15) is 23.1 Å². The molecule has 1 atom stereocenters. The Balaban J connectivity index is 0.000000587. The van der Waals surface area contributed by atoms with Crippen LogP contribution in [0, 0.1) is 25.2 Å². The van der Waals surface area contributed by atoms with E-state index in [-0.39, 0.29) is 12.1 Å². The Bertz CT molecular complexity index is 1420. The van der Waals surface area contributed by atoms with Gasteiger partial charge < -0.3 is 15.3 Å². The molecule has 0 spiro atoms. The molecule has 18 heteroatoms. The first-order valence-corrected chi connectivity index (χ1v) is 11.7. The second-order valence-corrected chi connectivity index (χ2v) is 9.20. The van der Waals surface area contributed by atoms with Crippen LogP contribution in [0.3, 0.4) is 0 Å². The number of carboxylic acid groups (broad SMARTS) is 1. The largest absolute Gasteiger partial charge is 0.490 e. The zero-order valence-corrected chi connectivity index (χ0v) is 21.7. The van der Waals surface area contributed by atoms with Crippen molar-refractivity contribution in [3.63, 3.8) is 0 Å². The lowest BCUT2D eigenvalue weighted by Crippen LogP contribution is -2.63. The van der Waals surface area contributed by atoms with Gasteiger partial charge in [0.15, 0.2) is 0 Å². The maximum absolute atomic E-state index is 12.7. The van der Waals surface area contributed by atoms with Gasteiger partial charge >= 0.3 is 18.3 Å². The number of nitrogens with one attached hydrogen (secondary N) is 2. The van der Waals surface area contributed by atoms with E-state index in [1.54, 1.807) is 10.9 Å². The maximum Gasteiger partial charge on any atom is 0.490 e. The number of aliphatic carboxylic acids is 1. The van der Waals surface area contributed by atoms with Gasteiger partial charge in [0, 0.05) is 36.1 Å². The molecule has 4 heterocycles. The molecule has 220 valence electrons. The standard InChI is InChI=1S/C21H22F3N9O.C2HF3O2/c1-12-18(13(2)31-30-12)15-6-28-33(9-15)20(4-5-25)10-32(11-20)17-8-26-16(7-27-17)19(34)29-14(3)21(22,23)24;3-2(4,5)1(6)7/h6-9,14H,4,10-11H2,1-3H3,(H,29,34)(H,30,31);(H,6,7). The lowest BCUT2D eigenvalue weighted by molar-refractivity contribution is -0.192. The third-order valence-electron chi connectivity index (χ3n) is 6.14. The molecule has 4 rings (SSSR count). The van der Waals surface area contributed by atoms with E-state index in [9.17, 15) is 36.4 Å². The Morgan fingerprint density at radius 1 is 1.17 bits per heavy atom. The van der Waals surface area contributed by atoms with Gasteiger partial charge in [0.25, 0.3) is 5.91 Å². The number of carboxylic acids is 1. The number of H-pyrrole nitrogens is 1. The highest BCUT2D eigenvalue weighted by Crippen LogP contribution is 2.36. The Labute approximate surface area is 228 Å². The number of nitriles is 1. The summed E-state index contributed by atoms with van der Waals surface area (Å²) in [6.07, 6.45) is -3.32. The van der Waals surface area contributed by atoms with E-state index in [0.29, 0.717) is 18.9 Å². The highest BCUT2D eigenvalue weighted by atomic mass is 19.4. The average molecular weight is 587 g/mol. The summed E-state index contributed by atoms with van der Waals surface area (Å²) in [5, 5.41) is 30.0. The van der Waals surface area contributed by atoms with Crippen molar-refractivity contribution in [2.24, 2.45) is 0 Å². The fraction of sp³-hybridized carbons (Fsp3) is 0.435. The minimum Gasteiger partial charge on any atom is -0.475 e. The third kappa shape index (κ3) is 6.91. The second-order valence-electron chi connectivity index (χ2n) is 9.20. The molecule has 3 aromatic rings. The van der Waals surface area contributed by atoms with Crippen LogP contribution in [0.4, 0.5) is 32.2 Å². The fourth-order valence-electron chi connectivity index (χ4n) is 3.95. The highest BCUT2D eigenvalue weighted by Gasteiger charge is 2.46. The highest BCUT2D eigenvalue weighted by molar-refractivity contribution is 5.92. The number of hydrogen-bond acceptors (Lipinski definition) is 8. The van der Waals surface area contributed by atoms with E-state index < -0.39 is 35.8 Å². The van der Waals surface area contributed by atoms with Crippen molar-refractivity contribution in [1.29, 1.82) is 5.26 Å². The normalized spacial score (nSPS) is 15.2. The molecule has 12 nitrogen and oxygen atoms in total. The van der Waals surface area contributed by atoms with Crippen molar-refractivity contribution in [3.05, 3.63) is 41.9 Å². The molecular formula is C23H23F6N9O3. The maximum atomic E-state index is 12.7. The van der Waals surface area contributed by atoms with E-state index >= 15 is 0 Å². The van der Waals surface area contributed by atoms with Crippen molar-refractivity contribution >= 4 is 17.7 Å². The Morgan fingerprint density at radius 2 is 1.80 bits per heavy atom. The van der Waals surface area contributed by atoms with Gasteiger partial charge in [-0.3, -0.25) is 14.6 Å². The Hall–Kier alpha value is -4.69. The zero-order valence-electron chi connectivity index (χ0n) is 21.7. The topological polar surface area (TPSA) is 166 Å². The average Bonchev–Trinajstić information content (AvgIpc) is 3.46. The molecule has 1 fully saturated rings. The number of aryl methyl sites for hydroxylation is 2. The van der Waals surface area contributed by atoms with Crippen molar-refractivity contribution in [3.8, 4) is 17.2 Å². The fourth-order valence-corrected chi connectivity index (χ4v) is 3.95. The molecule has 0 bridgehead atoms. The summed E-state index contributed by atoms with van der Waals surface area (Å²) in [6, 6.07) is 0.213. The van der Waals surface area contributed by atoms with Gasteiger partial charge in [-0.25, -0.2) is 14.8 Å². The van der Waals surface area contributed by atoms with Crippen LogP contribution in [-0.2, 0) is 10.3 Å². The minimum absolute atomic E-state index is 0.216. The number of aromatic nitrogens is 6. The number of anilines is 1. The molecule has 1 amide bonds. The number of rotatable bonds is 6. The van der Waals surface area contributed by atoms with Gasteiger partial charge in [-0.2, -0.15) is 41.8 Å². The number of amides is 1. The molecule has 3 aromatic heterocycles. The molecule has 41 heavy (non-hydrogen) atoms. The zero-order chi connectivity index (χ0) is 30.8. The number of alkyl halides is 6. The lowest BCUT2D eigenvalue weighted by atomic mass is 9.87. The predicted octanol–water partition coefficient (Wildman–Crippen LogP) is 3.12. The predicted molar refractivity (Wildman–Crippen MR) is 128 cm³/mol. The quantitative estimate of drug-likeness (QED) is 0.367. The number of aromatic amines is 1. The van der Waals surface area contributed by atoms with Crippen LogP contribution in [0.25, 0.3) is 11.1 Å². The van der Waals surface area contributed by atoms with Crippen LogP contribution in [0.15, 0.2) is 24.8 Å². The van der Waals surface area contributed by atoms with E-state index in [0.717, 1.165) is 35.6 Å². The SMILES string of the molecule is Cc1n[nH]c(C)c1-c1cnn(C2(CC#N)CN(c3cnc(C(=O)NC(C)C(F)(F)F)cn3)C2)c1.O=C(O)C(F)(F)F. The van der Waals surface area contributed by atoms with E-state index in [1.807, 2.05) is 30.3 Å². The van der Waals surface area contributed by atoms with Crippen LogP contribution in [-0.4, -0.2) is 78.4 Å². The summed E-state index contributed by atoms with van der Waals surface area (Å²) >= 11 is 0. The first-order chi connectivity index (χ1) is 19.0. The summed E-state index contributed by atoms with van der Waals surface area (Å²) in [5.74, 6) is -3.27. The van der Waals surface area contributed by atoms with Crippen LogP contribution >= 0.6 is 0 Å². The van der Waals surface area contributed by atoms with Crippen molar-refractivity contribution in [2.75, 3.05) is 18.0 Å². The van der Waals surface area contributed by atoms with Gasteiger partial charge in [0.2, 0.25) is 0 Å². The summed E-state index contributed by atoms with van der Waals surface area (Å²) < 4.78 is 71.5. The molecule has 1 unspecified atom stereocenters. The van der Waals surface area contributed by atoms with Gasteiger partial charge in [-0.15, -0.1) is 0 Å². The lowest BCUT2D eigenvalue weighted by Gasteiger charge is -2.49. The number of carbonyl (C=O) groups excluding carboxylic acids is 1. The van der Waals surface area contributed by atoms with E-state index in [4.69, 9.17) is 9.90 Å². The van der Waals surface area contributed by atoms with Crippen LogP contribution in [0.1, 0.15) is 35.2 Å². The molecule has 0 radical (unpaired) electrons. The second kappa shape index (κ2) is 11.4. The number of hydrogen-bond donors (Lipinski definition) is 3. The van der Waals surface area contributed by atoms with Gasteiger partial charge in [0.05, 0.1) is 36.8 Å². The summed E-state index contributed by atoms with van der Waals surface area (Å²) in [6.45, 7) is 5.53. The smallest absolute Gasteiger partial charge is 0.475 e. The number of halogens is 6. The van der Waals surface area contributed by atoms with Crippen LogP contribution in [0.2, 0.25) is 0 Å². The van der Waals surface area contributed by atoms with E-state index in [2.05, 4.69) is 31.3 Å². The van der Waals surface area contributed by atoms with Crippen LogP contribution < -0.4 is 10.2 Å². The number of carbonyl (C=O) groups is 2. The monoisotopic (exact) mass is 587 g/mol. The van der Waals surface area contributed by atoms with Crippen molar-refractivity contribution in [2.45, 2.75) is 51.1 Å². The van der Waals surface area contributed by atoms with Crippen molar-refractivity contribution in [1.82, 2.24) is 35.3 Å². The van der Waals surface area contributed by atoms with Gasteiger partial charge in [-0.05, 0) is 20.8 Å². The first-order valence-electron chi connectivity index (χ1n) is 11.7. The van der Waals surface area contributed by atoms with Crippen molar-refractivity contribution < 1.29 is 41.0 Å². The summed E-state index contributed by atoms with van der Waals surface area (Å²) in [7, 11) is 0. The summed E-state index contributed by atoms with van der Waals surface area (Å²) in [4.78, 5) is 30.9. The molecular weight excluding hydrogens is 564 g/mol. The molecule has 1 aliphatic rings. The number of nitrogens with zero attached hydrogens (tertiary/aromatic N) is 7. The third-order valence-corrected chi connectivity index (χ3v) is 6.14. The van der Waals surface area contributed by atoms with E-state index in [1.165, 1.54) is 6.20 Å². The first kappa shape index (κ1) is 30.8. The Kier molecular flexibility index (Phi) is 8.60.